The molecule has 0 spiro atoms. The normalized spacial score (nSPS) is 22.8. The van der Waals surface area contributed by atoms with Crippen LogP contribution < -0.4 is 10.4 Å². The number of benzene rings is 2. The zero-order valence-corrected chi connectivity index (χ0v) is 20.9. The number of fused-ring (bicyclic) bond motifs is 3. The van der Waals surface area contributed by atoms with Crippen molar-refractivity contribution < 1.29 is 23.9 Å². The van der Waals surface area contributed by atoms with Crippen molar-refractivity contribution in [3.05, 3.63) is 102 Å². The Bertz CT molecular complexity index is 1160. The molecule has 3 aromatic rings. The van der Waals surface area contributed by atoms with E-state index < -0.39 is 11.6 Å². The van der Waals surface area contributed by atoms with Crippen LogP contribution in [0.1, 0.15) is 40.7 Å². The summed E-state index contributed by atoms with van der Waals surface area (Å²) in [7, 11) is 0. The molecule has 7 nitrogen and oxygen atoms in total. The summed E-state index contributed by atoms with van der Waals surface area (Å²) < 4.78 is 6.95. The second kappa shape index (κ2) is 10.8. The zero-order valence-electron chi connectivity index (χ0n) is 20.9. The standard InChI is InChI=1S/C30H33N3O4/c34-28(24-12-17-31-18-13-24)32-16-7-19-33-20-14-23(15-21-33)27(22-33)37-29(35)30(36,25-8-3-1-4-9-25)26-10-5-2-6-11-26/h1-6,8-13,17-18,23,27H,7,14-16,19-22H2,(H,32,34). The highest BCUT2D eigenvalue weighted by molar-refractivity contribution is 5.93. The van der Waals surface area contributed by atoms with Gasteiger partial charge in [0, 0.05) is 55.3 Å². The molecule has 6 rings (SSSR count). The number of nitrogens with one attached hydrogen (secondary N) is 1. The van der Waals surface area contributed by atoms with Gasteiger partial charge in [0.15, 0.2) is 6.10 Å². The third kappa shape index (κ3) is 5.29. The number of hydrogen-bond donors (Lipinski definition) is 1. The molecule has 0 saturated carbocycles. The van der Waals surface area contributed by atoms with Gasteiger partial charge >= 0.3 is 5.97 Å². The number of rotatable bonds is 9. The van der Waals surface area contributed by atoms with Gasteiger partial charge in [0.2, 0.25) is 0 Å². The minimum absolute atomic E-state index is 0.0971. The molecule has 3 saturated heterocycles. The number of hydrogen-bond acceptors (Lipinski definition) is 5. The fraction of sp³-hybridized carbons (Fsp3) is 0.367. The van der Waals surface area contributed by atoms with E-state index in [1.165, 1.54) is 0 Å². The lowest BCUT2D eigenvalue weighted by atomic mass is 9.82. The lowest BCUT2D eigenvalue weighted by Gasteiger charge is -2.53. The van der Waals surface area contributed by atoms with Crippen LogP contribution in [0.5, 0.6) is 0 Å². The number of esters is 1. The first kappa shape index (κ1) is 25.1. The molecule has 192 valence electrons. The van der Waals surface area contributed by atoms with Gasteiger partial charge in [-0.3, -0.25) is 14.6 Å². The predicted molar refractivity (Wildman–Crippen MR) is 137 cm³/mol. The van der Waals surface area contributed by atoms with Gasteiger partial charge in [-0.15, -0.1) is 0 Å². The van der Waals surface area contributed by atoms with Gasteiger partial charge < -0.3 is 19.6 Å². The summed E-state index contributed by atoms with van der Waals surface area (Å²) in [6, 6.07) is 21.0. The van der Waals surface area contributed by atoms with Crippen LogP contribution in [-0.4, -0.2) is 60.2 Å². The Balaban J connectivity index is 1.24. The summed E-state index contributed by atoms with van der Waals surface area (Å²) in [4.78, 5) is 29.9. The van der Waals surface area contributed by atoms with E-state index in [1.54, 1.807) is 73.1 Å². The largest absolute Gasteiger partial charge is 0.834 e. The van der Waals surface area contributed by atoms with Gasteiger partial charge in [0.25, 0.3) is 5.91 Å². The molecule has 2 aromatic carbocycles. The van der Waals surface area contributed by atoms with Crippen molar-refractivity contribution >= 4 is 11.9 Å². The Morgan fingerprint density at radius 1 is 0.946 bits per heavy atom. The second-order valence-corrected chi connectivity index (χ2v) is 10.2. The topological polar surface area (TPSA) is 91.3 Å². The van der Waals surface area contributed by atoms with E-state index in [-0.39, 0.29) is 17.9 Å². The van der Waals surface area contributed by atoms with Crippen molar-refractivity contribution in [2.75, 3.05) is 32.7 Å². The maximum atomic E-state index is 14.2. The van der Waals surface area contributed by atoms with Crippen LogP contribution in [0.15, 0.2) is 85.2 Å². The smallest absolute Gasteiger partial charge is 0.304 e. The molecule has 1 atom stereocenters. The number of piperidine rings is 3. The quantitative estimate of drug-likeness (QED) is 0.278. The van der Waals surface area contributed by atoms with Crippen molar-refractivity contribution in [1.82, 2.24) is 10.3 Å². The molecule has 1 aromatic heterocycles. The van der Waals surface area contributed by atoms with Gasteiger partial charge in [-0.1, -0.05) is 60.7 Å². The highest BCUT2D eigenvalue weighted by Crippen LogP contribution is 2.37. The molecule has 0 radical (unpaired) electrons. The van der Waals surface area contributed by atoms with Crippen LogP contribution in [0.25, 0.3) is 0 Å². The van der Waals surface area contributed by atoms with Crippen LogP contribution >= 0.6 is 0 Å². The van der Waals surface area contributed by atoms with Gasteiger partial charge in [-0.25, -0.2) is 0 Å². The van der Waals surface area contributed by atoms with Crippen molar-refractivity contribution in [2.45, 2.75) is 31.0 Å². The number of amides is 1. The van der Waals surface area contributed by atoms with E-state index in [9.17, 15) is 14.7 Å². The van der Waals surface area contributed by atoms with E-state index in [0.717, 1.165) is 43.4 Å². The van der Waals surface area contributed by atoms with Gasteiger partial charge in [-0.2, -0.15) is 0 Å². The first-order valence-corrected chi connectivity index (χ1v) is 13.1. The van der Waals surface area contributed by atoms with E-state index in [2.05, 4.69) is 10.3 Å². The molecule has 1 unspecified atom stereocenters. The number of quaternary nitrogens is 1. The first-order chi connectivity index (χ1) is 18.0. The molecular formula is C30H33N3O4. The third-order valence-electron chi connectivity index (χ3n) is 7.99. The Kier molecular flexibility index (Phi) is 7.35. The molecule has 1 N–H and O–H groups in total. The van der Waals surface area contributed by atoms with Gasteiger partial charge in [0.1, 0.15) is 6.54 Å². The van der Waals surface area contributed by atoms with E-state index >= 15 is 0 Å². The molecule has 3 aliphatic heterocycles. The second-order valence-electron chi connectivity index (χ2n) is 10.2. The third-order valence-corrected chi connectivity index (χ3v) is 7.99. The number of carbonyl (C=O) groups is 2. The summed E-state index contributed by atoms with van der Waals surface area (Å²) in [6.07, 6.45) is 5.73. The number of ether oxygens (including phenoxy) is 1. The van der Waals surface area contributed by atoms with Crippen molar-refractivity contribution in [3.8, 4) is 0 Å². The number of carbonyl (C=O) groups excluding carboxylic acids is 2. The molecule has 3 fully saturated rings. The van der Waals surface area contributed by atoms with Crippen LogP contribution in [0.2, 0.25) is 0 Å². The van der Waals surface area contributed by atoms with E-state index in [0.29, 0.717) is 29.8 Å². The predicted octanol–water partition coefficient (Wildman–Crippen LogP) is 2.66. The fourth-order valence-electron chi connectivity index (χ4n) is 5.86. The van der Waals surface area contributed by atoms with Crippen LogP contribution in [0.4, 0.5) is 0 Å². The maximum absolute atomic E-state index is 14.2. The Morgan fingerprint density at radius 2 is 1.54 bits per heavy atom. The van der Waals surface area contributed by atoms with Crippen molar-refractivity contribution in [3.63, 3.8) is 0 Å². The SMILES string of the molecule is O=C(NCCC[N+]12CCC(CC1)C(OC(=O)C([O-])(c1ccccc1)c1ccccc1)C2)c1ccncc1. The van der Waals surface area contributed by atoms with E-state index in [1.807, 2.05) is 12.1 Å². The minimum Gasteiger partial charge on any atom is -0.834 e. The zero-order chi connectivity index (χ0) is 25.7. The summed E-state index contributed by atoms with van der Waals surface area (Å²) in [5, 5.41) is 17.2. The highest BCUT2D eigenvalue weighted by atomic mass is 16.6. The average molecular weight is 500 g/mol. The monoisotopic (exact) mass is 499 g/mol. The molecule has 0 aliphatic carbocycles. The molecular weight excluding hydrogens is 466 g/mol. The molecule has 37 heavy (non-hydrogen) atoms. The maximum Gasteiger partial charge on any atom is 0.304 e. The van der Waals surface area contributed by atoms with Crippen molar-refractivity contribution in [2.24, 2.45) is 5.92 Å². The number of nitrogens with zero attached hydrogens (tertiary/aromatic N) is 2. The summed E-state index contributed by atoms with van der Waals surface area (Å²) in [5.41, 5.74) is -0.732. The molecule has 7 heteroatoms. The fourth-order valence-corrected chi connectivity index (χ4v) is 5.86. The molecule has 2 bridgehead atoms. The minimum atomic E-state index is -2.11. The van der Waals surface area contributed by atoms with Gasteiger partial charge in [-0.05, 0) is 23.3 Å². The average Bonchev–Trinajstić information content (AvgIpc) is 2.96. The Hall–Kier alpha value is -3.55. The van der Waals surface area contributed by atoms with Crippen LogP contribution in [-0.2, 0) is 15.1 Å². The summed E-state index contributed by atoms with van der Waals surface area (Å²) >= 11 is 0. The Morgan fingerprint density at radius 3 is 2.14 bits per heavy atom. The lowest BCUT2D eigenvalue weighted by Crippen LogP contribution is -2.65. The lowest BCUT2D eigenvalue weighted by molar-refractivity contribution is -0.946. The van der Waals surface area contributed by atoms with E-state index in [4.69, 9.17) is 4.74 Å². The van der Waals surface area contributed by atoms with Crippen molar-refractivity contribution in [1.29, 1.82) is 0 Å². The first-order valence-electron chi connectivity index (χ1n) is 13.1. The molecule has 3 aliphatic rings. The van der Waals surface area contributed by atoms with Gasteiger partial charge in [0.05, 0.1) is 19.6 Å². The number of pyridine rings is 1. The van der Waals surface area contributed by atoms with Crippen LogP contribution in [0, 0.1) is 5.92 Å². The highest BCUT2D eigenvalue weighted by Gasteiger charge is 2.48. The Labute approximate surface area is 217 Å². The molecule has 4 heterocycles. The van der Waals surface area contributed by atoms with Crippen LogP contribution in [0.3, 0.4) is 0 Å². The number of aromatic nitrogens is 1. The summed E-state index contributed by atoms with van der Waals surface area (Å²) in [5.74, 6) is -0.544. The summed E-state index contributed by atoms with van der Waals surface area (Å²) in [6.45, 7) is 4.28. The molecule has 1 amide bonds.